The predicted octanol–water partition coefficient (Wildman–Crippen LogP) is 3.74. The molecular weight excluding hydrogens is 508 g/mol. The fourth-order valence-electron chi connectivity index (χ4n) is 4.67. The van der Waals surface area contributed by atoms with Crippen LogP contribution < -0.4 is 0 Å². The Morgan fingerprint density at radius 3 is 1.89 bits per heavy atom. The summed E-state index contributed by atoms with van der Waals surface area (Å²) in [5.41, 5.74) is 1.98. The molecule has 0 spiro atoms. The molecule has 0 saturated carbocycles. The third-order valence-corrected chi connectivity index (χ3v) is 8.31. The fraction of sp³-hybridized carbons (Fsp3) is 0.379. The zero-order valence-corrected chi connectivity index (χ0v) is 21.9. The van der Waals surface area contributed by atoms with Gasteiger partial charge in [-0.15, -0.1) is 0 Å². The van der Waals surface area contributed by atoms with Gasteiger partial charge < -0.3 is 28.4 Å². The van der Waals surface area contributed by atoms with Gasteiger partial charge in [0.2, 0.25) is 0 Å². The Labute approximate surface area is 223 Å². The summed E-state index contributed by atoms with van der Waals surface area (Å²) in [6.45, 7) is 0.767. The van der Waals surface area contributed by atoms with E-state index < -0.39 is 46.8 Å². The van der Waals surface area contributed by atoms with E-state index in [2.05, 4.69) is 0 Å². The normalized spacial score (nSPS) is 27.5. The number of rotatable bonds is 10. The van der Waals surface area contributed by atoms with E-state index in [0.717, 1.165) is 11.1 Å². The van der Waals surface area contributed by atoms with Crippen LogP contribution in [-0.4, -0.2) is 64.9 Å². The second-order valence-corrected chi connectivity index (χ2v) is 11.3. The van der Waals surface area contributed by atoms with Crippen LogP contribution in [0.4, 0.5) is 0 Å². The summed E-state index contributed by atoms with van der Waals surface area (Å²) in [6.07, 6.45) is -4.09. The molecule has 2 heterocycles. The first-order valence-electron chi connectivity index (χ1n) is 12.6. The fourth-order valence-corrected chi connectivity index (χ4v) is 5.97. The zero-order chi connectivity index (χ0) is 26.4. The molecule has 0 aliphatic carbocycles. The summed E-state index contributed by atoms with van der Waals surface area (Å²) in [5, 5.41) is 0. The molecule has 6 atom stereocenters. The first-order valence-corrected chi connectivity index (χ1v) is 14.2. The highest BCUT2D eigenvalue weighted by Gasteiger charge is 2.51. The summed E-state index contributed by atoms with van der Waals surface area (Å²) >= 11 is 0. The molecule has 2 aliphatic rings. The Bertz CT molecular complexity index is 1240. The van der Waals surface area contributed by atoms with E-state index >= 15 is 0 Å². The van der Waals surface area contributed by atoms with Crippen LogP contribution in [0.1, 0.15) is 11.1 Å². The van der Waals surface area contributed by atoms with Gasteiger partial charge in [-0.2, -0.15) is 0 Å². The summed E-state index contributed by atoms with van der Waals surface area (Å²) in [7, 11) is -2.08. The van der Waals surface area contributed by atoms with Gasteiger partial charge in [0.05, 0.1) is 24.7 Å². The molecule has 0 unspecified atom stereocenters. The molecule has 3 aromatic carbocycles. The van der Waals surface area contributed by atoms with Crippen LogP contribution >= 0.6 is 0 Å². The largest absolute Gasteiger partial charge is 0.368 e. The van der Waals surface area contributed by atoms with Crippen molar-refractivity contribution in [1.29, 1.82) is 0 Å². The minimum Gasteiger partial charge on any atom is -0.368 e. The number of hydrogen-bond acceptors (Lipinski definition) is 8. The van der Waals surface area contributed by atoms with Crippen molar-refractivity contribution in [3.8, 4) is 0 Å². The van der Waals surface area contributed by atoms with Gasteiger partial charge in [-0.3, -0.25) is 0 Å². The van der Waals surface area contributed by atoms with E-state index in [-0.39, 0.29) is 17.3 Å². The van der Waals surface area contributed by atoms with Gasteiger partial charge >= 0.3 is 0 Å². The Morgan fingerprint density at radius 2 is 1.32 bits per heavy atom. The number of fused-ring (bicyclic) bond motifs is 1. The van der Waals surface area contributed by atoms with Crippen molar-refractivity contribution < 1.29 is 36.8 Å². The molecule has 2 fully saturated rings. The molecule has 202 valence electrons. The van der Waals surface area contributed by atoms with Crippen LogP contribution in [0.15, 0.2) is 95.9 Å². The van der Waals surface area contributed by atoms with Crippen LogP contribution in [0.3, 0.4) is 0 Å². The molecule has 0 aromatic heterocycles. The molecule has 38 heavy (non-hydrogen) atoms. The van der Waals surface area contributed by atoms with Crippen molar-refractivity contribution in [2.24, 2.45) is 0 Å². The molecule has 2 aliphatic heterocycles. The molecule has 2 saturated heterocycles. The van der Waals surface area contributed by atoms with Crippen molar-refractivity contribution in [2.45, 2.75) is 55.1 Å². The van der Waals surface area contributed by atoms with Crippen LogP contribution in [0.5, 0.6) is 0 Å². The maximum absolute atomic E-state index is 13.0. The molecule has 0 radical (unpaired) electrons. The predicted molar refractivity (Wildman–Crippen MR) is 139 cm³/mol. The number of ether oxygens (including phenoxy) is 6. The monoisotopic (exact) mass is 540 g/mol. The standard InChI is InChI=1S/C29H32O8S/c1-32-29-28(35-18-22-13-7-3-8-14-22)27(34-17-21-11-5-2-6-12-21)26-24(36-29)19-33-25(37-26)20-38(30,31)23-15-9-4-10-16-23/h2-16,24-29H,17-20H2,1H3/t24-,25-,26+,27+,28-,29-/m1/s1. The Hall–Kier alpha value is -2.63. The van der Waals surface area contributed by atoms with E-state index in [9.17, 15) is 8.42 Å². The minimum absolute atomic E-state index is 0.135. The topological polar surface area (TPSA) is 89.5 Å². The van der Waals surface area contributed by atoms with Crippen LogP contribution in [-0.2, 0) is 51.5 Å². The van der Waals surface area contributed by atoms with E-state index in [1.807, 2.05) is 60.7 Å². The van der Waals surface area contributed by atoms with E-state index in [1.165, 1.54) is 0 Å². The van der Waals surface area contributed by atoms with Gasteiger partial charge in [-0.1, -0.05) is 78.9 Å². The Kier molecular flexibility index (Phi) is 8.86. The minimum atomic E-state index is -3.63. The summed E-state index contributed by atoms with van der Waals surface area (Å²) in [4.78, 5) is 0.217. The second kappa shape index (κ2) is 12.5. The lowest BCUT2D eigenvalue weighted by Crippen LogP contribution is -2.64. The van der Waals surface area contributed by atoms with E-state index in [4.69, 9.17) is 28.4 Å². The Morgan fingerprint density at radius 1 is 0.763 bits per heavy atom. The first kappa shape index (κ1) is 27.0. The molecule has 9 heteroatoms. The molecule has 3 aromatic rings. The number of hydrogen-bond donors (Lipinski definition) is 0. The van der Waals surface area contributed by atoms with Gasteiger partial charge in [0.15, 0.2) is 22.4 Å². The average Bonchev–Trinajstić information content (AvgIpc) is 2.96. The van der Waals surface area contributed by atoms with Gasteiger partial charge in [0, 0.05) is 7.11 Å². The third-order valence-electron chi connectivity index (χ3n) is 6.61. The first-order chi connectivity index (χ1) is 18.5. The Balaban J connectivity index is 1.36. The number of sulfone groups is 1. The van der Waals surface area contributed by atoms with Crippen LogP contribution in [0.25, 0.3) is 0 Å². The van der Waals surface area contributed by atoms with E-state index in [1.54, 1.807) is 37.4 Å². The highest BCUT2D eigenvalue weighted by Crippen LogP contribution is 2.34. The maximum Gasteiger partial charge on any atom is 0.186 e. The average molecular weight is 541 g/mol. The van der Waals surface area contributed by atoms with Crippen LogP contribution in [0, 0.1) is 0 Å². The van der Waals surface area contributed by atoms with Crippen molar-refractivity contribution in [2.75, 3.05) is 19.5 Å². The van der Waals surface area contributed by atoms with Crippen molar-refractivity contribution >= 4 is 9.84 Å². The molecule has 5 rings (SSSR count). The highest BCUT2D eigenvalue weighted by molar-refractivity contribution is 7.91. The van der Waals surface area contributed by atoms with E-state index in [0.29, 0.717) is 13.2 Å². The lowest BCUT2D eigenvalue weighted by Gasteiger charge is -2.48. The number of benzene rings is 3. The third kappa shape index (κ3) is 6.50. The summed E-state index contributed by atoms with van der Waals surface area (Å²) < 4.78 is 62.6. The van der Waals surface area contributed by atoms with Gasteiger partial charge in [0.25, 0.3) is 0 Å². The van der Waals surface area contributed by atoms with Crippen molar-refractivity contribution in [3.63, 3.8) is 0 Å². The summed E-state index contributed by atoms with van der Waals surface area (Å²) in [6, 6.07) is 27.9. The second-order valence-electron chi connectivity index (χ2n) is 9.26. The maximum atomic E-state index is 13.0. The molecule has 0 bridgehead atoms. The summed E-state index contributed by atoms with van der Waals surface area (Å²) in [5.74, 6) is -0.325. The molecule has 0 amide bonds. The van der Waals surface area contributed by atoms with Crippen LogP contribution in [0.2, 0.25) is 0 Å². The van der Waals surface area contributed by atoms with Crippen molar-refractivity contribution in [3.05, 3.63) is 102 Å². The lowest BCUT2D eigenvalue weighted by atomic mass is 9.97. The SMILES string of the molecule is CO[C@@H]1O[C@@H]2CO[C@@H](CS(=O)(=O)c3ccccc3)O[C@@H]2[C@H](OCc2ccccc2)[C@H]1OCc1ccccc1. The molecule has 8 nitrogen and oxygen atoms in total. The van der Waals surface area contributed by atoms with Gasteiger partial charge in [-0.25, -0.2) is 8.42 Å². The number of methoxy groups -OCH3 is 1. The molecule has 0 N–H and O–H groups in total. The van der Waals surface area contributed by atoms with Crippen molar-refractivity contribution in [1.82, 2.24) is 0 Å². The highest BCUT2D eigenvalue weighted by atomic mass is 32.2. The smallest absolute Gasteiger partial charge is 0.186 e. The zero-order valence-electron chi connectivity index (χ0n) is 21.1. The molecular formula is C29H32O8S. The van der Waals surface area contributed by atoms with Gasteiger partial charge in [-0.05, 0) is 23.3 Å². The lowest BCUT2D eigenvalue weighted by molar-refractivity contribution is -0.363. The van der Waals surface area contributed by atoms with Gasteiger partial charge in [0.1, 0.15) is 30.2 Å². The quantitative estimate of drug-likeness (QED) is 0.384.